The molecule has 0 saturated heterocycles. The van der Waals surface area contributed by atoms with Crippen LogP contribution in [-0.2, 0) is 9.47 Å². The Bertz CT molecular complexity index is 161. The topological polar surface area (TPSA) is 30.5 Å². The van der Waals surface area contributed by atoms with Crippen molar-refractivity contribution in [2.45, 2.75) is 0 Å². The summed E-state index contributed by atoms with van der Waals surface area (Å²) >= 11 is 0. The Morgan fingerprint density at radius 1 is 1.43 bits per heavy atom. The molecule has 0 aliphatic rings. The molecule has 0 amide bonds. The first-order chi connectivity index (χ1) is 6.72. The molecule has 0 spiro atoms. The van der Waals surface area contributed by atoms with Crippen molar-refractivity contribution in [2.24, 2.45) is 0 Å². The highest BCUT2D eigenvalue weighted by Crippen LogP contribution is 1.90. The van der Waals surface area contributed by atoms with Crippen LogP contribution in [0.2, 0.25) is 0 Å². The molecule has 0 radical (unpaired) electrons. The second kappa shape index (κ2) is 14.5. The third-order valence-corrected chi connectivity index (χ3v) is 1.24. The van der Waals surface area contributed by atoms with Crippen molar-refractivity contribution in [3.63, 3.8) is 0 Å². The van der Waals surface area contributed by atoms with Crippen molar-refractivity contribution in [1.29, 1.82) is 0 Å². The van der Waals surface area contributed by atoms with Crippen molar-refractivity contribution < 1.29 is 9.47 Å². The van der Waals surface area contributed by atoms with Gasteiger partial charge in [0.05, 0.1) is 13.7 Å². The van der Waals surface area contributed by atoms with Gasteiger partial charge in [0.2, 0.25) is 0 Å². The van der Waals surface area contributed by atoms with Crippen LogP contribution >= 0.6 is 0 Å². The molecule has 0 saturated carbocycles. The molecule has 0 aromatic carbocycles. The zero-order valence-corrected chi connectivity index (χ0v) is 9.38. The number of hydrogen-bond donors (Lipinski definition) is 1. The van der Waals surface area contributed by atoms with Crippen LogP contribution in [0.4, 0.5) is 0 Å². The van der Waals surface area contributed by atoms with Crippen molar-refractivity contribution in [3.8, 4) is 0 Å². The number of rotatable bonds is 6. The van der Waals surface area contributed by atoms with E-state index in [2.05, 4.69) is 18.5 Å². The second-order valence-electron chi connectivity index (χ2n) is 2.36. The summed E-state index contributed by atoms with van der Waals surface area (Å²) in [6, 6.07) is 0. The first-order valence-corrected chi connectivity index (χ1v) is 4.38. The van der Waals surface area contributed by atoms with E-state index < -0.39 is 0 Å². The molecule has 0 heterocycles. The van der Waals surface area contributed by atoms with E-state index >= 15 is 0 Å². The number of methoxy groups -OCH3 is 2. The van der Waals surface area contributed by atoms with Crippen LogP contribution in [0.15, 0.2) is 37.1 Å². The van der Waals surface area contributed by atoms with Gasteiger partial charge in [0, 0.05) is 13.7 Å². The van der Waals surface area contributed by atoms with E-state index in [0.29, 0.717) is 5.76 Å². The Morgan fingerprint density at radius 3 is 2.36 bits per heavy atom. The summed E-state index contributed by atoms with van der Waals surface area (Å²) in [6.07, 6.45) is 5.18. The summed E-state index contributed by atoms with van der Waals surface area (Å²) < 4.78 is 9.44. The van der Waals surface area contributed by atoms with E-state index in [4.69, 9.17) is 9.47 Å². The number of hydrogen-bond acceptors (Lipinski definition) is 3. The average molecular weight is 199 g/mol. The van der Waals surface area contributed by atoms with Crippen molar-refractivity contribution in [1.82, 2.24) is 5.32 Å². The molecule has 0 unspecified atom stereocenters. The van der Waals surface area contributed by atoms with Gasteiger partial charge in [-0.3, -0.25) is 0 Å². The summed E-state index contributed by atoms with van der Waals surface area (Å²) in [4.78, 5) is 0. The Balaban J connectivity index is 0. The van der Waals surface area contributed by atoms with E-state index in [1.807, 2.05) is 7.05 Å². The Kier molecular flexibility index (Phi) is 15.9. The van der Waals surface area contributed by atoms with Crippen molar-refractivity contribution >= 4 is 0 Å². The maximum atomic E-state index is 4.72. The third-order valence-electron chi connectivity index (χ3n) is 1.24. The SMILES string of the molecule is C=C/C=C\C(=C)OC.CNCCOC. The van der Waals surface area contributed by atoms with Crippen molar-refractivity contribution in [2.75, 3.05) is 34.4 Å². The van der Waals surface area contributed by atoms with Crippen LogP contribution in [0.5, 0.6) is 0 Å². The Labute approximate surface area is 87.1 Å². The van der Waals surface area contributed by atoms with E-state index in [0.717, 1.165) is 13.2 Å². The number of nitrogens with one attached hydrogen (secondary N) is 1. The summed E-state index contributed by atoms with van der Waals surface area (Å²) in [5.74, 6) is 0.643. The highest BCUT2D eigenvalue weighted by atomic mass is 16.5. The highest BCUT2D eigenvalue weighted by Gasteiger charge is 1.75. The molecule has 0 aromatic heterocycles. The van der Waals surface area contributed by atoms with Gasteiger partial charge in [-0.2, -0.15) is 0 Å². The Morgan fingerprint density at radius 2 is 2.07 bits per heavy atom. The standard InChI is InChI=1S/C7H10O.C4H11NO/c1-4-5-6-7(2)8-3;1-5-3-4-6-2/h4-6H,1-2H2,3H3;5H,3-4H2,1-2H3/b6-5-;. The first-order valence-electron chi connectivity index (χ1n) is 4.38. The molecule has 0 rings (SSSR count). The molecule has 3 heteroatoms. The third kappa shape index (κ3) is 17.1. The molecule has 14 heavy (non-hydrogen) atoms. The molecule has 0 atom stereocenters. The van der Waals surface area contributed by atoms with Gasteiger partial charge in [0.1, 0.15) is 5.76 Å². The molecular weight excluding hydrogens is 178 g/mol. The molecule has 0 aliphatic heterocycles. The normalized spacial score (nSPS) is 9.07. The van der Waals surface area contributed by atoms with Gasteiger partial charge < -0.3 is 14.8 Å². The molecule has 3 nitrogen and oxygen atoms in total. The maximum Gasteiger partial charge on any atom is 0.111 e. The maximum absolute atomic E-state index is 4.72. The molecular formula is C11H21NO2. The number of allylic oxidation sites excluding steroid dienone is 3. The summed E-state index contributed by atoms with van der Waals surface area (Å²) in [5.41, 5.74) is 0. The monoisotopic (exact) mass is 199 g/mol. The average Bonchev–Trinajstić information content (AvgIpc) is 2.23. The quantitative estimate of drug-likeness (QED) is 0.401. The van der Waals surface area contributed by atoms with Crippen LogP contribution in [0.25, 0.3) is 0 Å². The molecule has 82 valence electrons. The zero-order chi connectivity index (χ0) is 11.2. The van der Waals surface area contributed by atoms with Crippen LogP contribution < -0.4 is 5.32 Å². The molecule has 0 aromatic rings. The Hall–Kier alpha value is -1.06. The lowest BCUT2D eigenvalue weighted by Gasteiger charge is -1.92. The fourth-order valence-electron chi connectivity index (χ4n) is 0.448. The van der Waals surface area contributed by atoms with Gasteiger partial charge in [0.25, 0.3) is 0 Å². The fraction of sp³-hybridized carbons (Fsp3) is 0.455. The largest absolute Gasteiger partial charge is 0.497 e. The van der Waals surface area contributed by atoms with Crippen LogP contribution in [0, 0.1) is 0 Å². The predicted octanol–water partition coefficient (Wildman–Crippen LogP) is 1.74. The predicted molar refractivity (Wildman–Crippen MR) is 61.3 cm³/mol. The zero-order valence-electron chi connectivity index (χ0n) is 9.38. The molecule has 0 bridgehead atoms. The van der Waals surface area contributed by atoms with Gasteiger partial charge in [-0.1, -0.05) is 25.3 Å². The van der Waals surface area contributed by atoms with Gasteiger partial charge in [-0.25, -0.2) is 0 Å². The van der Waals surface area contributed by atoms with Gasteiger partial charge in [-0.15, -0.1) is 0 Å². The lowest BCUT2D eigenvalue weighted by atomic mass is 10.4. The minimum atomic E-state index is 0.643. The summed E-state index contributed by atoms with van der Waals surface area (Å²) in [5, 5.41) is 2.94. The highest BCUT2D eigenvalue weighted by molar-refractivity contribution is 5.12. The van der Waals surface area contributed by atoms with Crippen molar-refractivity contribution in [3.05, 3.63) is 37.1 Å². The summed E-state index contributed by atoms with van der Waals surface area (Å²) in [6.45, 7) is 8.78. The number of ether oxygens (including phenoxy) is 2. The molecule has 0 fully saturated rings. The van der Waals surface area contributed by atoms with E-state index in [1.54, 1.807) is 32.4 Å². The van der Waals surface area contributed by atoms with Gasteiger partial charge in [0.15, 0.2) is 0 Å². The first kappa shape index (κ1) is 15.4. The summed E-state index contributed by atoms with van der Waals surface area (Å²) in [7, 11) is 5.17. The minimum absolute atomic E-state index is 0.643. The lowest BCUT2D eigenvalue weighted by molar-refractivity contribution is 0.201. The lowest BCUT2D eigenvalue weighted by Crippen LogP contribution is -2.12. The fourth-order valence-corrected chi connectivity index (χ4v) is 0.448. The van der Waals surface area contributed by atoms with Crippen LogP contribution in [0.3, 0.4) is 0 Å². The van der Waals surface area contributed by atoms with Gasteiger partial charge >= 0.3 is 0 Å². The van der Waals surface area contributed by atoms with Crippen LogP contribution in [0.1, 0.15) is 0 Å². The van der Waals surface area contributed by atoms with E-state index in [-0.39, 0.29) is 0 Å². The second-order valence-corrected chi connectivity index (χ2v) is 2.36. The van der Waals surface area contributed by atoms with E-state index in [9.17, 15) is 0 Å². The molecule has 0 aliphatic carbocycles. The smallest absolute Gasteiger partial charge is 0.111 e. The number of likely N-dealkylation sites (N-methyl/N-ethyl adjacent to an activating group) is 1. The van der Waals surface area contributed by atoms with Gasteiger partial charge in [-0.05, 0) is 13.1 Å². The minimum Gasteiger partial charge on any atom is -0.497 e. The molecule has 1 N–H and O–H groups in total. The van der Waals surface area contributed by atoms with Crippen LogP contribution in [-0.4, -0.2) is 34.4 Å². The van der Waals surface area contributed by atoms with E-state index in [1.165, 1.54) is 0 Å².